The van der Waals surface area contributed by atoms with Crippen molar-refractivity contribution >= 4 is 5.91 Å². The molecule has 0 aliphatic heterocycles. The Morgan fingerprint density at radius 3 is 2.75 bits per heavy atom. The van der Waals surface area contributed by atoms with Crippen molar-refractivity contribution in [1.29, 1.82) is 0 Å². The molecule has 0 radical (unpaired) electrons. The lowest BCUT2D eigenvalue weighted by molar-refractivity contribution is -0.127. The largest absolute Gasteiger partial charge is 0.492 e. The normalized spacial score (nSPS) is 28.3. The molecule has 24 heavy (non-hydrogen) atoms. The molecular weight excluding hydrogens is 302 g/mol. The number of benzene rings is 1. The van der Waals surface area contributed by atoms with Gasteiger partial charge in [0, 0.05) is 24.7 Å². The maximum Gasteiger partial charge on any atom is 0.225 e. The average molecular weight is 331 g/mol. The third-order valence-corrected chi connectivity index (χ3v) is 5.51. The van der Waals surface area contributed by atoms with Gasteiger partial charge in [0.25, 0.3) is 0 Å². The van der Waals surface area contributed by atoms with E-state index < -0.39 is 0 Å². The zero-order chi connectivity index (χ0) is 17.1. The van der Waals surface area contributed by atoms with E-state index in [4.69, 9.17) is 10.5 Å². The van der Waals surface area contributed by atoms with Gasteiger partial charge < -0.3 is 20.7 Å². The Bertz CT molecular complexity index is 573. The predicted molar refractivity (Wildman–Crippen MR) is 94.6 cm³/mol. The number of hydrogen-bond donors (Lipinski definition) is 2. The molecular formula is C19H29N3O2. The number of carbonyl (C=O) groups is 1. The van der Waals surface area contributed by atoms with Crippen LogP contribution >= 0.6 is 0 Å². The highest BCUT2D eigenvalue weighted by atomic mass is 16.5. The van der Waals surface area contributed by atoms with E-state index in [0.29, 0.717) is 25.0 Å². The fraction of sp³-hybridized carbons (Fsp3) is 0.632. The van der Waals surface area contributed by atoms with Gasteiger partial charge in [0.1, 0.15) is 12.4 Å². The first kappa shape index (κ1) is 17.2. The molecule has 4 unspecified atom stereocenters. The smallest absolute Gasteiger partial charge is 0.225 e. The van der Waals surface area contributed by atoms with E-state index in [0.717, 1.165) is 30.7 Å². The van der Waals surface area contributed by atoms with Crippen LogP contribution in [0.4, 0.5) is 0 Å². The molecule has 2 aliphatic carbocycles. The number of nitrogens with one attached hydrogen (secondary N) is 1. The molecule has 3 N–H and O–H groups in total. The van der Waals surface area contributed by atoms with E-state index in [1.165, 1.54) is 6.42 Å². The summed E-state index contributed by atoms with van der Waals surface area (Å²) < 4.78 is 5.86. The SMILES string of the molecule is CN(C)CCOc1ccccc1CNC(=O)C1C2CCC(C2)C1N. The Balaban J connectivity index is 1.55. The number of hydrogen-bond acceptors (Lipinski definition) is 4. The van der Waals surface area contributed by atoms with Gasteiger partial charge in [0.15, 0.2) is 0 Å². The van der Waals surface area contributed by atoms with Crippen molar-refractivity contribution in [3.05, 3.63) is 29.8 Å². The summed E-state index contributed by atoms with van der Waals surface area (Å²) >= 11 is 0. The number of likely N-dealkylation sites (N-methyl/N-ethyl adjacent to an activating group) is 1. The Kier molecular flexibility index (Phi) is 5.41. The fourth-order valence-electron chi connectivity index (χ4n) is 4.15. The second kappa shape index (κ2) is 7.53. The molecule has 5 nitrogen and oxygen atoms in total. The Morgan fingerprint density at radius 1 is 1.29 bits per heavy atom. The third kappa shape index (κ3) is 3.73. The van der Waals surface area contributed by atoms with Crippen molar-refractivity contribution in [3.8, 4) is 5.75 Å². The molecule has 0 heterocycles. The quantitative estimate of drug-likeness (QED) is 0.797. The van der Waals surface area contributed by atoms with Gasteiger partial charge in [-0.05, 0) is 51.3 Å². The number of fused-ring (bicyclic) bond motifs is 2. The lowest BCUT2D eigenvalue weighted by atomic mass is 9.84. The van der Waals surface area contributed by atoms with Crippen LogP contribution < -0.4 is 15.8 Å². The second-order valence-electron chi connectivity index (χ2n) is 7.41. The van der Waals surface area contributed by atoms with Crippen molar-refractivity contribution in [1.82, 2.24) is 10.2 Å². The molecule has 3 rings (SSSR count). The van der Waals surface area contributed by atoms with Crippen molar-refractivity contribution in [2.75, 3.05) is 27.2 Å². The molecule has 0 saturated heterocycles. The maximum absolute atomic E-state index is 12.6. The molecule has 2 bridgehead atoms. The van der Waals surface area contributed by atoms with Crippen LogP contribution in [0.5, 0.6) is 5.75 Å². The Labute approximate surface area is 144 Å². The molecule has 1 aromatic carbocycles. The van der Waals surface area contributed by atoms with Crippen molar-refractivity contribution in [2.24, 2.45) is 23.5 Å². The van der Waals surface area contributed by atoms with Gasteiger partial charge in [-0.3, -0.25) is 4.79 Å². The van der Waals surface area contributed by atoms with Gasteiger partial charge in [0.05, 0.1) is 5.92 Å². The fourth-order valence-corrected chi connectivity index (χ4v) is 4.15. The summed E-state index contributed by atoms with van der Waals surface area (Å²) in [5.74, 6) is 1.98. The number of ether oxygens (including phenoxy) is 1. The monoisotopic (exact) mass is 331 g/mol. The van der Waals surface area contributed by atoms with E-state index >= 15 is 0 Å². The predicted octanol–water partition coefficient (Wildman–Crippen LogP) is 1.62. The maximum atomic E-state index is 12.6. The number of nitrogens with zero attached hydrogens (tertiary/aromatic N) is 1. The van der Waals surface area contributed by atoms with E-state index in [1.54, 1.807) is 0 Å². The minimum Gasteiger partial charge on any atom is -0.492 e. The lowest BCUT2D eigenvalue weighted by Crippen LogP contribution is -2.45. The summed E-state index contributed by atoms with van der Waals surface area (Å²) in [5.41, 5.74) is 7.28. The third-order valence-electron chi connectivity index (χ3n) is 5.51. The molecule has 1 amide bonds. The molecule has 1 aromatic rings. The van der Waals surface area contributed by atoms with Crippen LogP contribution in [0, 0.1) is 17.8 Å². The summed E-state index contributed by atoms with van der Waals surface area (Å²) in [6, 6.07) is 7.94. The first-order valence-corrected chi connectivity index (χ1v) is 8.95. The summed E-state index contributed by atoms with van der Waals surface area (Å²) in [7, 11) is 4.04. The highest BCUT2D eigenvalue weighted by molar-refractivity contribution is 5.80. The first-order chi connectivity index (χ1) is 11.6. The summed E-state index contributed by atoms with van der Waals surface area (Å²) in [5, 5.41) is 3.09. The molecule has 5 heteroatoms. The Hall–Kier alpha value is -1.59. The number of para-hydroxylation sites is 1. The molecule has 2 fully saturated rings. The number of amides is 1. The minimum absolute atomic E-state index is 0.00873. The van der Waals surface area contributed by atoms with Crippen molar-refractivity contribution < 1.29 is 9.53 Å². The number of rotatable bonds is 7. The van der Waals surface area contributed by atoms with Gasteiger partial charge >= 0.3 is 0 Å². The van der Waals surface area contributed by atoms with Gasteiger partial charge in [-0.2, -0.15) is 0 Å². The summed E-state index contributed by atoms with van der Waals surface area (Å²) in [6.45, 7) is 1.99. The molecule has 0 spiro atoms. The van der Waals surface area contributed by atoms with Gasteiger partial charge in [-0.15, -0.1) is 0 Å². The molecule has 132 valence electrons. The summed E-state index contributed by atoms with van der Waals surface area (Å²) in [6.07, 6.45) is 3.47. The average Bonchev–Trinajstić information content (AvgIpc) is 3.14. The van der Waals surface area contributed by atoms with Crippen LogP contribution in [0.2, 0.25) is 0 Å². The molecule has 2 saturated carbocycles. The lowest BCUT2D eigenvalue weighted by Gasteiger charge is -2.27. The van der Waals surface area contributed by atoms with Crippen molar-refractivity contribution in [3.63, 3.8) is 0 Å². The molecule has 2 aliphatic rings. The number of carbonyl (C=O) groups excluding carboxylic acids is 1. The van der Waals surface area contributed by atoms with Crippen LogP contribution in [0.3, 0.4) is 0 Å². The van der Waals surface area contributed by atoms with E-state index in [9.17, 15) is 4.79 Å². The highest BCUT2D eigenvalue weighted by Crippen LogP contribution is 2.47. The first-order valence-electron chi connectivity index (χ1n) is 8.95. The molecule has 0 aromatic heterocycles. The number of nitrogens with two attached hydrogens (primary N) is 1. The van der Waals surface area contributed by atoms with Crippen LogP contribution in [0.1, 0.15) is 24.8 Å². The second-order valence-corrected chi connectivity index (χ2v) is 7.41. The van der Waals surface area contributed by atoms with Gasteiger partial charge in [0.2, 0.25) is 5.91 Å². The van der Waals surface area contributed by atoms with E-state index in [2.05, 4.69) is 10.2 Å². The van der Waals surface area contributed by atoms with Crippen molar-refractivity contribution in [2.45, 2.75) is 31.8 Å². The van der Waals surface area contributed by atoms with E-state index in [-0.39, 0.29) is 17.9 Å². The van der Waals surface area contributed by atoms with Crippen LogP contribution in [-0.2, 0) is 11.3 Å². The highest BCUT2D eigenvalue weighted by Gasteiger charge is 2.48. The van der Waals surface area contributed by atoms with E-state index in [1.807, 2.05) is 38.4 Å². The van der Waals surface area contributed by atoms with Crippen LogP contribution in [0.15, 0.2) is 24.3 Å². The van der Waals surface area contributed by atoms with Gasteiger partial charge in [-0.1, -0.05) is 18.2 Å². The zero-order valence-electron chi connectivity index (χ0n) is 14.7. The molecule has 4 atom stereocenters. The van der Waals surface area contributed by atoms with Crippen LogP contribution in [-0.4, -0.2) is 44.1 Å². The van der Waals surface area contributed by atoms with Crippen LogP contribution in [0.25, 0.3) is 0 Å². The topological polar surface area (TPSA) is 67.6 Å². The summed E-state index contributed by atoms with van der Waals surface area (Å²) in [4.78, 5) is 14.7. The Morgan fingerprint density at radius 2 is 2.04 bits per heavy atom. The minimum atomic E-state index is -0.00873. The zero-order valence-corrected chi connectivity index (χ0v) is 14.7. The van der Waals surface area contributed by atoms with Gasteiger partial charge in [-0.25, -0.2) is 0 Å². The standard InChI is InChI=1S/C19H29N3O2/c1-22(2)9-10-24-16-6-4-3-5-15(16)12-21-19(23)17-13-7-8-14(11-13)18(17)20/h3-6,13-14,17-18H,7-12,20H2,1-2H3,(H,21,23).